The zero-order valence-corrected chi connectivity index (χ0v) is 16.8. The predicted molar refractivity (Wildman–Crippen MR) is 110 cm³/mol. The van der Waals surface area contributed by atoms with Crippen molar-refractivity contribution in [3.8, 4) is 22.8 Å². The lowest BCUT2D eigenvalue weighted by atomic mass is 10.1. The van der Waals surface area contributed by atoms with Gasteiger partial charge in [0, 0.05) is 45.7 Å². The molecule has 2 N–H and O–H groups in total. The maximum Gasteiger partial charge on any atom is 0.228 e. The molecule has 0 saturated heterocycles. The van der Waals surface area contributed by atoms with E-state index in [1.54, 1.807) is 26.5 Å². The number of nitrogens with zero attached hydrogens (tertiary/aromatic N) is 2. The first-order valence-corrected chi connectivity index (χ1v) is 9.31. The highest BCUT2D eigenvalue weighted by atomic mass is 79.9. The van der Waals surface area contributed by atoms with E-state index in [0.717, 1.165) is 27.0 Å². The molecule has 0 aliphatic carbocycles. The number of hydrogen-bond acceptors (Lipinski definition) is 6. The zero-order chi connectivity index (χ0) is 19.7. The fourth-order valence-corrected chi connectivity index (χ4v) is 3.39. The van der Waals surface area contributed by atoms with E-state index < -0.39 is 0 Å². The van der Waals surface area contributed by atoms with Gasteiger partial charge in [0.25, 0.3) is 0 Å². The average Bonchev–Trinajstić information content (AvgIpc) is 2.83. The number of halogens is 1. The Morgan fingerprint density at radius 1 is 1.11 bits per heavy atom. The quantitative estimate of drug-likeness (QED) is 0.633. The highest BCUT2D eigenvalue weighted by Crippen LogP contribution is 2.35. The van der Waals surface area contributed by atoms with Crippen LogP contribution in [-0.2, 0) is 11.2 Å². The Balaban J connectivity index is 1.76. The summed E-state index contributed by atoms with van der Waals surface area (Å²) in [5, 5.41) is 6.10. The molecule has 142 valence electrons. The van der Waals surface area contributed by atoms with Crippen LogP contribution in [0.15, 0.2) is 47.1 Å². The summed E-state index contributed by atoms with van der Waals surface area (Å²) in [6.45, 7) is 0. The maximum absolute atomic E-state index is 12.2. The summed E-state index contributed by atoms with van der Waals surface area (Å²) in [5.74, 6) is 1.62. The summed E-state index contributed by atoms with van der Waals surface area (Å²) in [7, 11) is 3.19. The Kier molecular flexibility index (Phi) is 4.87. The molecule has 1 amide bonds. The number of hydrogen-bond donors (Lipinski definition) is 2. The second-order valence-electron chi connectivity index (χ2n) is 6.21. The molecule has 2 heterocycles. The molecule has 2 aromatic carbocycles. The summed E-state index contributed by atoms with van der Waals surface area (Å²) in [5.41, 5.74) is 3.77. The van der Waals surface area contributed by atoms with E-state index in [1.807, 2.05) is 30.3 Å². The van der Waals surface area contributed by atoms with Gasteiger partial charge in [0.05, 0.1) is 32.0 Å². The van der Waals surface area contributed by atoms with Crippen molar-refractivity contribution < 1.29 is 14.3 Å². The van der Waals surface area contributed by atoms with Crippen molar-refractivity contribution in [2.24, 2.45) is 0 Å². The number of fused-ring (bicyclic) bond motifs is 3. The number of nitrogens with one attached hydrogen (secondary N) is 2. The Labute approximate surface area is 170 Å². The van der Waals surface area contributed by atoms with Gasteiger partial charge >= 0.3 is 0 Å². The molecular formula is C20H17BrN4O3. The molecule has 1 aliphatic rings. The Morgan fingerprint density at radius 3 is 2.57 bits per heavy atom. The molecule has 28 heavy (non-hydrogen) atoms. The number of methoxy groups -OCH3 is 2. The lowest BCUT2D eigenvalue weighted by Crippen LogP contribution is -2.12. The van der Waals surface area contributed by atoms with Crippen LogP contribution in [-0.4, -0.2) is 30.1 Å². The van der Waals surface area contributed by atoms with E-state index in [1.165, 1.54) is 0 Å². The Hall–Kier alpha value is -3.13. The lowest BCUT2D eigenvalue weighted by molar-refractivity contribution is -0.115. The van der Waals surface area contributed by atoms with E-state index in [0.29, 0.717) is 23.1 Å². The van der Waals surface area contributed by atoms with Crippen LogP contribution in [0.4, 0.5) is 17.3 Å². The van der Waals surface area contributed by atoms with Crippen molar-refractivity contribution in [1.29, 1.82) is 0 Å². The molecule has 1 aromatic heterocycles. The summed E-state index contributed by atoms with van der Waals surface area (Å²) in [6.07, 6.45) is 1.90. The fourth-order valence-electron chi connectivity index (χ4n) is 3.03. The molecule has 0 fully saturated rings. The Bertz CT molecular complexity index is 1050. The fraction of sp³-hybridized carbons (Fsp3) is 0.150. The third kappa shape index (κ3) is 3.63. The van der Waals surface area contributed by atoms with Gasteiger partial charge in [-0.05, 0) is 18.2 Å². The molecule has 4 rings (SSSR count). The van der Waals surface area contributed by atoms with Crippen LogP contribution in [0.2, 0.25) is 0 Å². The average molecular weight is 441 g/mol. The number of anilines is 3. The summed E-state index contributed by atoms with van der Waals surface area (Å²) in [4.78, 5) is 21.2. The van der Waals surface area contributed by atoms with Crippen molar-refractivity contribution in [3.05, 3.63) is 52.6 Å². The number of benzene rings is 2. The largest absolute Gasteiger partial charge is 0.497 e. The van der Waals surface area contributed by atoms with Crippen molar-refractivity contribution in [2.45, 2.75) is 6.42 Å². The van der Waals surface area contributed by atoms with Gasteiger partial charge in [0.1, 0.15) is 11.5 Å². The van der Waals surface area contributed by atoms with Crippen molar-refractivity contribution >= 4 is 39.2 Å². The van der Waals surface area contributed by atoms with E-state index >= 15 is 0 Å². The first-order valence-electron chi connectivity index (χ1n) is 8.51. The first-order chi connectivity index (χ1) is 13.6. The monoisotopic (exact) mass is 440 g/mol. The highest BCUT2D eigenvalue weighted by molar-refractivity contribution is 9.10. The van der Waals surface area contributed by atoms with Crippen LogP contribution >= 0.6 is 15.9 Å². The standard InChI is InChI=1S/C20H17BrN4O3/c1-27-14-7-13(8-15(9-14)28-2)23-20-22-10-11-5-18(26)24-17-4-3-12(21)6-16(17)19(11)25-20/h3-4,6-10H,5H2,1-2H3,(H,24,26)(H,22,23,25). The normalized spacial score (nSPS) is 12.3. The molecule has 1 aliphatic heterocycles. The first kappa shape index (κ1) is 18.2. The minimum absolute atomic E-state index is 0.0934. The maximum atomic E-state index is 12.2. The van der Waals surface area contributed by atoms with Gasteiger partial charge in [-0.1, -0.05) is 15.9 Å². The minimum Gasteiger partial charge on any atom is -0.497 e. The van der Waals surface area contributed by atoms with E-state index in [2.05, 4.69) is 36.5 Å². The van der Waals surface area contributed by atoms with Gasteiger partial charge in [-0.25, -0.2) is 9.97 Å². The van der Waals surface area contributed by atoms with Gasteiger partial charge in [0.2, 0.25) is 11.9 Å². The number of carbonyl (C=O) groups excluding carboxylic acids is 1. The van der Waals surface area contributed by atoms with Crippen LogP contribution in [0.1, 0.15) is 5.56 Å². The summed E-state index contributed by atoms with van der Waals surface area (Å²) in [6, 6.07) is 11.1. The SMILES string of the molecule is COc1cc(Nc2ncc3c(n2)-c2cc(Br)ccc2NC(=O)C3)cc(OC)c1. The number of rotatable bonds is 4. The molecule has 0 spiro atoms. The van der Waals surface area contributed by atoms with Crippen molar-refractivity contribution in [3.63, 3.8) is 0 Å². The molecule has 0 bridgehead atoms. The number of aromatic nitrogens is 2. The Morgan fingerprint density at radius 2 is 1.86 bits per heavy atom. The summed E-state index contributed by atoms with van der Waals surface area (Å²) >= 11 is 3.49. The predicted octanol–water partition coefficient (Wildman–Crippen LogP) is 4.16. The van der Waals surface area contributed by atoms with Gasteiger partial charge in [-0.15, -0.1) is 0 Å². The minimum atomic E-state index is -0.0934. The van der Waals surface area contributed by atoms with E-state index in [9.17, 15) is 4.79 Å². The number of carbonyl (C=O) groups is 1. The number of amides is 1. The molecule has 0 radical (unpaired) electrons. The van der Waals surface area contributed by atoms with Crippen molar-refractivity contribution in [1.82, 2.24) is 9.97 Å². The second kappa shape index (κ2) is 7.47. The van der Waals surface area contributed by atoms with E-state index in [4.69, 9.17) is 9.47 Å². The van der Waals surface area contributed by atoms with Crippen LogP contribution in [0.3, 0.4) is 0 Å². The van der Waals surface area contributed by atoms with Gasteiger partial charge < -0.3 is 20.1 Å². The topological polar surface area (TPSA) is 85.4 Å². The molecule has 7 nitrogen and oxygen atoms in total. The van der Waals surface area contributed by atoms with Crippen LogP contribution < -0.4 is 20.1 Å². The van der Waals surface area contributed by atoms with Crippen LogP contribution in [0, 0.1) is 0 Å². The van der Waals surface area contributed by atoms with Gasteiger partial charge in [0.15, 0.2) is 0 Å². The smallest absolute Gasteiger partial charge is 0.228 e. The molecule has 3 aromatic rings. The second-order valence-corrected chi connectivity index (χ2v) is 7.12. The molecule has 0 saturated carbocycles. The zero-order valence-electron chi connectivity index (χ0n) is 15.2. The molecule has 8 heteroatoms. The van der Waals surface area contributed by atoms with Crippen LogP contribution in [0.5, 0.6) is 11.5 Å². The third-order valence-electron chi connectivity index (χ3n) is 4.33. The van der Waals surface area contributed by atoms with Crippen molar-refractivity contribution in [2.75, 3.05) is 24.9 Å². The van der Waals surface area contributed by atoms with E-state index in [-0.39, 0.29) is 12.3 Å². The highest BCUT2D eigenvalue weighted by Gasteiger charge is 2.21. The molecule has 0 atom stereocenters. The van der Waals surface area contributed by atoms with Crippen LogP contribution in [0.25, 0.3) is 11.3 Å². The molecular weight excluding hydrogens is 424 g/mol. The lowest BCUT2D eigenvalue weighted by Gasteiger charge is -2.12. The molecule has 0 unspecified atom stereocenters. The summed E-state index contributed by atoms with van der Waals surface area (Å²) < 4.78 is 11.5. The number of ether oxygens (including phenoxy) is 2. The van der Waals surface area contributed by atoms with Gasteiger partial charge in [-0.3, -0.25) is 4.79 Å². The third-order valence-corrected chi connectivity index (χ3v) is 4.83. The van der Waals surface area contributed by atoms with Gasteiger partial charge in [-0.2, -0.15) is 0 Å².